The molecule has 0 saturated carbocycles. The first-order valence-electron chi connectivity index (χ1n) is 11.4. The minimum atomic E-state index is 0.849. The van der Waals surface area contributed by atoms with Crippen LogP contribution in [-0.4, -0.2) is 124 Å². The molecule has 6 heteroatoms. The second-order valence-electron chi connectivity index (χ2n) is 7.45. The van der Waals surface area contributed by atoms with Crippen molar-refractivity contribution in [2.75, 3.05) is 105 Å². The molecule has 1 N–H and O–H groups in total. The second kappa shape index (κ2) is 16.7. The first-order chi connectivity index (χ1) is 13.2. The molecule has 1 fully saturated rings. The van der Waals surface area contributed by atoms with Crippen LogP contribution in [0.25, 0.3) is 0 Å². The molecule has 6 nitrogen and oxygen atoms in total. The van der Waals surface area contributed by atoms with Crippen molar-refractivity contribution in [1.82, 2.24) is 24.9 Å². The Morgan fingerprint density at radius 3 is 1.89 bits per heavy atom. The molecule has 0 amide bonds. The molecule has 1 aliphatic rings. The van der Waals surface area contributed by atoms with E-state index in [2.05, 4.69) is 52.6 Å². The van der Waals surface area contributed by atoms with Crippen LogP contribution in [0.2, 0.25) is 0 Å². The van der Waals surface area contributed by atoms with E-state index in [4.69, 9.17) is 4.74 Å². The van der Waals surface area contributed by atoms with Gasteiger partial charge in [0.15, 0.2) is 0 Å². The Balaban J connectivity index is 2.49. The summed E-state index contributed by atoms with van der Waals surface area (Å²) >= 11 is 0. The van der Waals surface area contributed by atoms with Crippen LogP contribution in [0.5, 0.6) is 0 Å². The smallest absolute Gasteiger partial charge is 0.0594 e. The van der Waals surface area contributed by atoms with Crippen molar-refractivity contribution < 1.29 is 4.74 Å². The zero-order valence-corrected chi connectivity index (χ0v) is 18.7. The normalized spacial score (nSPS) is 21.2. The molecule has 1 saturated heterocycles. The summed E-state index contributed by atoms with van der Waals surface area (Å²) in [6.45, 7) is 26.5. The first-order valence-corrected chi connectivity index (χ1v) is 11.4. The molecular weight excluding hydrogens is 338 g/mol. The molecule has 162 valence electrons. The van der Waals surface area contributed by atoms with Crippen LogP contribution in [0.3, 0.4) is 0 Å². The third-order valence-electron chi connectivity index (χ3n) is 5.78. The van der Waals surface area contributed by atoms with Gasteiger partial charge in [0.25, 0.3) is 0 Å². The summed E-state index contributed by atoms with van der Waals surface area (Å²) in [7, 11) is 0. The number of hydrogen-bond donors (Lipinski definition) is 1. The van der Waals surface area contributed by atoms with Crippen molar-refractivity contribution in [2.45, 2.75) is 34.1 Å². The van der Waals surface area contributed by atoms with E-state index in [1.807, 2.05) is 0 Å². The van der Waals surface area contributed by atoms with Gasteiger partial charge in [0, 0.05) is 52.4 Å². The largest absolute Gasteiger partial charge is 0.379 e. The van der Waals surface area contributed by atoms with Crippen LogP contribution in [0.15, 0.2) is 0 Å². The van der Waals surface area contributed by atoms with Gasteiger partial charge in [-0.25, -0.2) is 0 Å². The molecule has 0 unspecified atom stereocenters. The van der Waals surface area contributed by atoms with Gasteiger partial charge in [0.2, 0.25) is 0 Å². The van der Waals surface area contributed by atoms with Crippen molar-refractivity contribution in [1.29, 1.82) is 0 Å². The molecule has 0 atom stereocenters. The fraction of sp³-hybridized carbons (Fsp3) is 1.00. The van der Waals surface area contributed by atoms with E-state index < -0.39 is 0 Å². The Bertz CT molecular complexity index is 328. The summed E-state index contributed by atoms with van der Waals surface area (Å²) in [5.74, 6) is 0. The highest BCUT2D eigenvalue weighted by molar-refractivity contribution is 4.67. The maximum absolute atomic E-state index is 5.97. The van der Waals surface area contributed by atoms with Crippen LogP contribution in [0.4, 0.5) is 0 Å². The molecule has 0 aliphatic carbocycles. The predicted molar refractivity (Wildman–Crippen MR) is 117 cm³/mol. The number of hydrogen-bond acceptors (Lipinski definition) is 6. The van der Waals surface area contributed by atoms with Crippen LogP contribution < -0.4 is 5.32 Å². The molecule has 1 heterocycles. The fourth-order valence-electron chi connectivity index (χ4n) is 3.62. The third kappa shape index (κ3) is 12.0. The molecule has 1 aliphatic heterocycles. The van der Waals surface area contributed by atoms with Gasteiger partial charge in [-0.05, 0) is 45.7 Å². The zero-order chi connectivity index (χ0) is 19.7. The third-order valence-corrected chi connectivity index (χ3v) is 5.78. The summed E-state index contributed by atoms with van der Waals surface area (Å²) in [4.78, 5) is 10.2. The summed E-state index contributed by atoms with van der Waals surface area (Å²) in [6.07, 6.45) is 1.25. The van der Waals surface area contributed by atoms with E-state index >= 15 is 0 Å². The Morgan fingerprint density at radius 2 is 1.30 bits per heavy atom. The molecule has 0 aromatic rings. The topological polar surface area (TPSA) is 34.2 Å². The van der Waals surface area contributed by atoms with E-state index in [1.165, 1.54) is 19.5 Å². The van der Waals surface area contributed by atoms with Crippen LogP contribution in [0, 0.1) is 0 Å². The van der Waals surface area contributed by atoms with Gasteiger partial charge in [-0.15, -0.1) is 0 Å². The van der Waals surface area contributed by atoms with Gasteiger partial charge in [0.05, 0.1) is 13.2 Å². The quantitative estimate of drug-likeness (QED) is 0.678. The molecule has 0 aromatic carbocycles. The van der Waals surface area contributed by atoms with Gasteiger partial charge in [0.1, 0.15) is 0 Å². The first kappa shape index (κ1) is 24.8. The van der Waals surface area contributed by atoms with Crippen molar-refractivity contribution >= 4 is 0 Å². The molecule has 27 heavy (non-hydrogen) atoms. The highest BCUT2D eigenvalue weighted by atomic mass is 16.5. The lowest BCUT2D eigenvalue weighted by atomic mass is 10.3. The van der Waals surface area contributed by atoms with Crippen molar-refractivity contribution in [2.24, 2.45) is 0 Å². The summed E-state index contributed by atoms with van der Waals surface area (Å²) in [6, 6.07) is 0. The maximum atomic E-state index is 5.97. The van der Waals surface area contributed by atoms with Crippen LogP contribution in [-0.2, 0) is 4.74 Å². The number of likely N-dealkylation sites (N-methyl/N-ethyl adjacent to an activating group) is 2. The Labute approximate surface area is 169 Å². The number of nitrogens with zero attached hydrogens (tertiary/aromatic N) is 4. The minimum Gasteiger partial charge on any atom is -0.379 e. The van der Waals surface area contributed by atoms with Gasteiger partial charge < -0.3 is 24.8 Å². The molecule has 0 bridgehead atoms. The molecule has 0 aromatic heterocycles. The number of rotatable bonds is 8. The zero-order valence-electron chi connectivity index (χ0n) is 18.7. The van der Waals surface area contributed by atoms with Gasteiger partial charge in [-0.1, -0.05) is 27.7 Å². The van der Waals surface area contributed by atoms with Gasteiger partial charge in [-0.3, -0.25) is 4.90 Å². The second-order valence-corrected chi connectivity index (χ2v) is 7.45. The molecule has 0 spiro atoms. The average Bonchev–Trinajstić information content (AvgIpc) is 2.70. The van der Waals surface area contributed by atoms with Crippen LogP contribution >= 0.6 is 0 Å². The van der Waals surface area contributed by atoms with E-state index in [0.29, 0.717) is 0 Å². The van der Waals surface area contributed by atoms with E-state index in [1.54, 1.807) is 0 Å². The predicted octanol–water partition coefficient (Wildman–Crippen LogP) is 1.28. The van der Waals surface area contributed by atoms with Crippen molar-refractivity contribution in [3.05, 3.63) is 0 Å². The fourth-order valence-corrected chi connectivity index (χ4v) is 3.62. The van der Waals surface area contributed by atoms with E-state index in [9.17, 15) is 0 Å². The molecule has 0 radical (unpaired) electrons. The Morgan fingerprint density at radius 1 is 0.741 bits per heavy atom. The van der Waals surface area contributed by atoms with E-state index in [-0.39, 0.29) is 0 Å². The summed E-state index contributed by atoms with van der Waals surface area (Å²) in [5.41, 5.74) is 0. The lowest BCUT2D eigenvalue weighted by Gasteiger charge is -2.28. The monoisotopic (exact) mass is 385 g/mol. The SMILES string of the molecule is CCN(CC)CCCN1CCOCCN(CC)CCNCCN(CC)CC1. The maximum Gasteiger partial charge on any atom is 0.0594 e. The highest BCUT2D eigenvalue weighted by Crippen LogP contribution is 1.99. The van der Waals surface area contributed by atoms with E-state index in [0.717, 1.165) is 91.8 Å². The van der Waals surface area contributed by atoms with Crippen molar-refractivity contribution in [3.8, 4) is 0 Å². The Hall–Kier alpha value is -0.240. The number of ether oxygens (including phenoxy) is 1. The van der Waals surface area contributed by atoms with Crippen molar-refractivity contribution in [3.63, 3.8) is 0 Å². The highest BCUT2D eigenvalue weighted by Gasteiger charge is 2.10. The lowest BCUT2D eigenvalue weighted by Crippen LogP contribution is -2.41. The van der Waals surface area contributed by atoms with Gasteiger partial charge >= 0.3 is 0 Å². The average molecular weight is 386 g/mol. The molecule has 1 rings (SSSR count). The lowest BCUT2D eigenvalue weighted by molar-refractivity contribution is 0.0810. The number of nitrogens with one attached hydrogen (secondary N) is 1. The van der Waals surface area contributed by atoms with Gasteiger partial charge in [-0.2, -0.15) is 0 Å². The summed E-state index contributed by atoms with van der Waals surface area (Å²) < 4.78 is 5.97. The van der Waals surface area contributed by atoms with Crippen LogP contribution in [0.1, 0.15) is 34.1 Å². The summed E-state index contributed by atoms with van der Waals surface area (Å²) in [5, 5.41) is 3.61. The standard InChI is InChI=1S/C21H47N5O/c1-5-23(6-2)12-9-13-26-17-16-24(7-3)14-10-22-11-15-25(8-4)18-20-27-21-19-26/h22H,5-21H2,1-4H3. The Kier molecular flexibility index (Phi) is 15.3. The minimum absolute atomic E-state index is 0.849. The molecular formula is C21H47N5O.